The highest BCUT2D eigenvalue weighted by molar-refractivity contribution is 5.74. The number of nitrogens with zero attached hydrogens (tertiary/aromatic N) is 6. The monoisotopic (exact) mass is 626 g/mol. The van der Waals surface area contributed by atoms with Gasteiger partial charge in [-0.3, -0.25) is 9.97 Å². The third-order valence-corrected chi connectivity index (χ3v) is 6.20. The van der Waals surface area contributed by atoms with Crippen LogP contribution in [0.15, 0.2) is 122 Å². The first kappa shape index (κ1) is 27.2. The number of para-hydroxylation sites is 2. The lowest BCUT2D eigenvalue weighted by Crippen LogP contribution is -3.00. The minimum atomic E-state index is 0. The quantitative estimate of drug-likeness (QED) is 0.210. The Morgan fingerprint density at radius 1 is 0.447 bits per heavy atom. The molecule has 0 radical (unpaired) electrons. The molecule has 0 aliphatic heterocycles. The molecule has 6 nitrogen and oxygen atoms in total. The van der Waals surface area contributed by atoms with Crippen LogP contribution in [0.4, 0.5) is 0 Å². The van der Waals surface area contributed by atoms with Gasteiger partial charge in [-0.05, 0) is 58.7 Å². The number of hydrogen-bond donors (Lipinski definition) is 0. The van der Waals surface area contributed by atoms with E-state index in [1.165, 1.54) is 0 Å². The van der Waals surface area contributed by atoms with E-state index >= 15 is 0 Å². The highest BCUT2D eigenvalue weighted by atomic mass is 79.9. The zero-order chi connectivity index (χ0) is 24.2. The van der Waals surface area contributed by atoms with Gasteiger partial charge in [0.25, 0.3) is 0 Å². The van der Waals surface area contributed by atoms with Crippen LogP contribution in [0.1, 0.15) is 11.4 Å². The van der Waals surface area contributed by atoms with E-state index in [-0.39, 0.29) is 34.0 Å². The Labute approximate surface area is 242 Å². The molecule has 5 aromatic heterocycles. The van der Waals surface area contributed by atoms with Crippen molar-refractivity contribution in [1.29, 1.82) is 0 Å². The minimum absolute atomic E-state index is 0. The maximum atomic E-state index is 5.00. The molecule has 6 aromatic rings. The van der Waals surface area contributed by atoms with E-state index in [9.17, 15) is 0 Å². The fourth-order valence-electron chi connectivity index (χ4n) is 4.27. The third-order valence-electron chi connectivity index (χ3n) is 6.20. The highest BCUT2D eigenvalue weighted by Crippen LogP contribution is 2.18. The lowest BCUT2D eigenvalue weighted by atomic mass is 10.1. The molecule has 8 heteroatoms. The van der Waals surface area contributed by atoms with Gasteiger partial charge in [-0.2, -0.15) is 9.13 Å². The van der Waals surface area contributed by atoms with Crippen LogP contribution in [0, 0.1) is 0 Å². The fourth-order valence-corrected chi connectivity index (χ4v) is 4.27. The molecule has 0 fully saturated rings. The van der Waals surface area contributed by atoms with Gasteiger partial charge in [-0.25, -0.2) is 9.97 Å². The van der Waals surface area contributed by atoms with Crippen LogP contribution in [0.5, 0.6) is 0 Å². The van der Waals surface area contributed by atoms with Crippen LogP contribution in [0.2, 0.25) is 0 Å². The van der Waals surface area contributed by atoms with Gasteiger partial charge in [-0.1, -0.05) is 12.1 Å². The van der Waals surface area contributed by atoms with E-state index in [1.807, 2.05) is 73.3 Å². The van der Waals surface area contributed by atoms with E-state index in [1.54, 1.807) is 0 Å². The Kier molecular flexibility index (Phi) is 8.99. The second-order valence-electron chi connectivity index (χ2n) is 8.60. The summed E-state index contributed by atoms with van der Waals surface area (Å²) in [6.07, 6.45) is 15.6. The van der Waals surface area contributed by atoms with Gasteiger partial charge in [0.1, 0.15) is 11.4 Å². The number of benzene rings is 1. The summed E-state index contributed by atoms with van der Waals surface area (Å²) in [5, 5.41) is 0. The molecule has 1 aromatic carbocycles. The number of halogens is 2. The van der Waals surface area contributed by atoms with Gasteiger partial charge in [-0.15, -0.1) is 0 Å². The Bertz CT molecular complexity index is 1490. The number of rotatable bonds is 6. The summed E-state index contributed by atoms with van der Waals surface area (Å²) in [6, 6.07) is 24.6. The largest absolute Gasteiger partial charge is 1.00 e. The maximum absolute atomic E-state index is 5.00. The van der Waals surface area contributed by atoms with Crippen LogP contribution in [0.3, 0.4) is 0 Å². The zero-order valence-corrected chi connectivity index (χ0v) is 23.6. The summed E-state index contributed by atoms with van der Waals surface area (Å²) in [5.74, 6) is 0. The molecule has 0 bridgehead atoms. The minimum Gasteiger partial charge on any atom is -1.00 e. The van der Waals surface area contributed by atoms with Crippen LogP contribution in [-0.4, -0.2) is 19.9 Å². The maximum Gasteiger partial charge on any atom is 0.192 e. The molecule has 188 valence electrons. The number of hydrogen-bond acceptors (Lipinski definition) is 4. The molecule has 0 spiro atoms. The second-order valence-corrected chi connectivity index (χ2v) is 8.60. The van der Waals surface area contributed by atoms with Crippen LogP contribution < -0.4 is 43.1 Å². The molecule has 5 heterocycles. The summed E-state index contributed by atoms with van der Waals surface area (Å²) in [4.78, 5) is 18.2. The lowest BCUT2D eigenvalue weighted by Gasteiger charge is -2.07. The first-order valence-electron chi connectivity index (χ1n) is 11.9. The van der Waals surface area contributed by atoms with Crippen molar-refractivity contribution in [2.24, 2.45) is 0 Å². The Balaban J connectivity index is 0.00000168. The van der Waals surface area contributed by atoms with Gasteiger partial charge in [0.15, 0.2) is 37.9 Å². The number of pyridine rings is 4. The summed E-state index contributed by atoms with van der Waals surface area (Å²) in [6.45, 7) is 1.28. The predicted molar refractivity (Wildman–Crippen MR) is 137 cm³/mol. The Morgan fingerprint density at radius 3 is 1.16 bits per heavy atom. The topological polar surface area (TPSA) is 59.3 Å². The van der Waals surface area contributed by atoms with E-state index in [0.717, 1.165) is 44.7 Å². The molecular weight excluding hydrogens is 604 g/mol. The molecule has 6 rings (SSSR count). The van der Waals surface area contributed by atoms with Crippen LogP contribution in [0.25, 0.3) is 33.3 Å². The molecular formula is C30H24Br2N6. The SMILES string of the molecule is [Br-].[Br-].c1ccc2nc(C[n+]3ccc(-c4ccncc4)cc3)c(C[n+]3ccc(-c4ccncc4)cc3)nc2c1. The van der Waals surface area contributed by atoms with E-state index in [4.69, 9.17) is 9.97 Å². The van der Waals surface area contributed by atoms with Gasteiger partial charge in [0, 0.05) is 49.1 Å². The molecule has 0 amide bonds. The molecule has 0 saturated heterocycles. The standard InChI is InChI=1S/C30H24N6.2BrH/c1-2-4-28-27(3-1)33-29(21-35-17-9-25(10-18-35)23-5-13-31-14-6-23)30(34-28)22-36-19-11-26(12-20-36)24-7-15-32-16-8-24;;/h1-20H,21-22H2;2*1H/q+2;;/p-2. The molecule has 0 saturated carbocycles. The van der Waals surface area contributed by atoms with Crippen molar-refractivity contribution in [3.05, 3.63) is 134 Å². The first-order valence-corrected chi connectivity index (χ1v) is 11.9. The van der Waals surface area contributed by atoms with Gasteiger partial charge in [0.05, 0.1) is 11.0 Å². The Hall–Kier alpha value is -3.88. The molecule has 0 unspecified atom stereocenters. The molecule has 0 N–H and O–H groups in total. The van der Waals surface area contributed by atoms with E-state index in [0.29, 0.717) is 13.1 Å². The number of aromatic nitrogens is 6. The zero-order valence-electron chi connectivity index (χ0n) is 20.4. The predicted octanol–water partition coefficient (Wildman–Crippen LogP) is -1.57. The van der Waals surface area contributed by atoms with Crippen molar-refractivity contribution in [2.45, 2.75) is 13.1 Å². The molecule has 0 aliphatic rings. The van der Waals surface area contributed by atoms with Crippen LogP contribution >= 0.6 is 0 Å². The second kappa shape index (κ2) is 12.6. The first-order chi connectivity index (χ1) is 17.8. The molecule has 38 heavy (non-hydrogen) atoms. The average Bonchev–Trinajstić information content (AvgIpc) is 2.95. The van der Waals surface area contributed by atoms with E-state index < -0.39 is 0 Å². The van der Waals surface area contributed by atoms with Gasteiger partial charge >= 0.3 is 0 Å². The molecule has 0 aliphatic carbocycles. The summed E-state index contributed by atoms with van der Waals surface area (Å²) >= 11 is 0. The summed E-state index contributed by atoms with van der Waals surface area (Å²) < 4.78 is 4.29. The normalized spacial score (nSPS) is 10.4. The van der Waals surface area contributed by atoms with E-state index in [2.05, 4.69) is 68.2 Å². The number of fused-ring (bicyclic) bond motifs is 1. The third kappa shape index (κ3) is 6.15. The summed E-state index contributed by atoms with van der Waals surface area (Å²) in [5.41, 5.74) is 8.34. The summed E-state index contributed by atoms with van der Waals surface area (Å²) in [7, 11) is 0. The van der Waals surface area contributed by atoms with Crippen molar-refractivity contribution in [3.8, 4) is 22.3 Å². The van der Waals surface area contributed by atoms with Crippen molar-refractivity contribution in [3.63, 3.8) is 0 Å². The average molecular weight is 628 g/mol. The van der Waals surface area contributed by atoms with Crippen molar-refractivity contribution in [2.75, 3.05) is 0 Å². The van der Waals surface area contributed by atoms with Gasteiger partial charge < -0.3 is 34.0 Å². The van der Waals surface area contributed by atoms with Crippen LogP contribution in [-0.2, 0) is 13.1 Å². The van der Waals surface area contributed by atoms with Crippen molar-refractivity contribution < 1.29 is 43.1 Å². The Morgan fingerprint density at radius 2 is 0.789 bits per heavy atom. The molecule has 0 atom stereocenters. The fraction of sp³-hybridized carbons (Fsp3) is 0.0667. The smallest absolute Gasteiger partial charge is 0.192 e. The van der Waals surface area contributed by atoms with Crippen molar-refractivity contribution in [1.82, 2.24) is 19.9 Å². The highest BCUT2D eigenvalue weighted by Gasteiger charge is 2.17. The lowest BCUT2D eigenvalue weighted by molar-refractivity contribution is -0.694. The van der Waals surface area contributed by atoms with Gasteiger partial charge in [0.2, 0.25) is 0 Å². The van der Waals surface area contributed by atoms with Crippen molar-refractivity contribution >= 4 is 11.0 Å².